The maximum absolute atomic E-state index is 13.1. The van der Waals surface area contributed by atoms with E-state index in [1.807, 2.05) is 0 Å². The minimum atomic E-state index is -1.12. The molecule has 1 saturated heterocycles. The third-order valence-corrected chi connectivity index (χ3v) is 4.20. The van der Waals surface area contributed by atoms with Crippen molar-refractivity contribution < 1.29 is 28.2 Å². The summed E-state index contributed by atoms with van der Waals surface area (Å²) in [6, 6.07) is 9.12. The molecule has 3 amide bonds. The number of carbonyl (C=O) groups is 2. The van der Waals surface area contributed by atoms with E-state index in [1.54, 1.807) is 6.92 Å². The largest absolute Gasteiger partial charge is 0.491 e. The van der Waals surface area contributed by atoms with Crippen LogP contribution in [0, 0.1) is 11.6 Å². The highest BCUT2D eigenvalue weighted by Gasteiger charge is 2.43. The molecule has 0 bridgehead atoms. The zero-order valence-electron chi connectivity index (χ0n) is 14.5. The van der Waals surface area contributed by atoms with E-state index < -0.39 is 35.7 Å². The summed E-state index contributed by atoms with van der Waals surface area (Å²) in [5.41, 5.74) is 0.391. The van der Waals surface area contributed by atoms with E-state index in [0.29, 0.717) is 11.4 Å². The lowest BCUT2D eigenvalue weighted by molar-refractivity contribution is -0.128. The van der Waals surface area contributed by atoms with Crippen LogP contribution in [-0.2, 0) is 4.79 Å². The SMILES string of the molecule is C[C@H]1C(=O)N(C[C@@H](O)COc2ccc(F)cc2)C(=O)N1c1ccc(F)cc1. The van der Waals surface area contributed by atoms with Gasteiger partial charge in [-0.3, -0.25) is 14.6 Å². The van der Waals surface area contributed by atoms with Crippen molar-refractivity contribution in [2.24, 2.45) is 0 Å². The van der Waals surface area contributed by atoms with Crippen LogP contribution in [-0.4, -0.2) is 47.2 Å². The number of imide groups is 1. The summed E-state index contributed by atoms with van der Waals surface area (Å²) in [5.74, 6) is -0.971. The zero-order chi connectivity index (χ0) is 19.6. The zero-order valence-corrected chi connectivity index (χ0v) is 14.5. The molecule has 0 saturated carbocycles. The highest BCUT2D eigenvalue weighted by molar-refractivity contribution is 6.14. The Labute approximate surface area is 154 Å². The summed E-state index contributed by atoms with van der Waals surface area (Å²) >= 11 is 0. The third kappa shape index (κ3) is 4.06. The Morgan fingerprint density at radius 3 is 2.19 bits per heavy atom. The topological polar surface area (TPSA) is 70.1 Å². The predicted molar refractivity (Wildman–Crippen MR) is 93.4 cm³/mol. The molecule has 0 aliphatic carbocycles. The van der Waals surface area contributed by atoms with Crippen LogP contribution in [0.2, 0.25) is 0 Å². The maximum Gasteiger partial charge on any atom is 0.332 e. The van der Waals surface area contributed by atoms with E-state index in [9.17, 15) is 23.5 Å². The van der Waals surface area contributed by atoms with Gasteiger partial charge in [-0.1, -0.05) is 0 Å². The average Bonchev–Trinajstić information content (AvgIpc) is 2.86. The molecule has 8 heteroatoms. The lowest BCUT2D eigenvalue weighted by atomic mass is 10.2. The fourth-order valence-corrected chi connectivity index (χ4v) is 2.82. The number of carbonyl (C=O) groups excluding carboxylic acids is 2. The van der Waals surface area contributed by atoms with Gasteiger partial charge in [0.05, 0.1) is 6.54 Å². The van der Waals surface area contributed by atoms with Gasteiger partial charge in [0.1, 0.15) is 36.1 Å². The first-order valence-electron chi connectivity index (χ1n) is 8.33. The van der Waals surface area contributed by atoms with Crippen LogP contribution in [0.1, 0.15) is 6.92 Å². The minimum Gasteiger partial charge on any atom is -0.491 e. The van der Waals surface area contributed by atoms with Gasteiger partial charge in [-0.15, -0.1) is 0 Å². The molecule has 1 fully saturated rings. The smallest absolute Gasteiger partial charge is 0.332 e. The number of anilines is 1. The molecule has 1 aliphatic heterocycles. The van der Waals surface area contributed by atoms with Gasteiger partial charge in [0.2, 0.25) is 0 Å². The van der Waals surface area contributed by atoms with Crippen molar-refractivity contribution in [1.82, 2.24) is 4.90 Å². The van der Waals surface area contributed by atoms with Crippen molar-refractivity contribution in [3.8, 4) is 5.75 Å². The second-order valence-electron chi connectivity index (χ2n) is 6.17. The number of ether oxygens (including phenoxy) is 1. The van der Waals surface area contributed by atoms with Crippen LogP contribution in [0.3, 0.4) is 0 Å². The number of halogens is 2. The molecule has 0 unspecified atom stereocenters. The van der Waals surface area contributed by atoms with Crippen LogP contribution in [0.25, 0.3) is 0 Å². The number of aliphatic hydroxyl groups is 1. The third-order valence-electron chi connectivity index (χ3n) is 4.20. The molecule has 6 nitrogen and oxygen atoms in total. The average molecular weight is 376 g/mol. The van der Waals surface area contributed by atoms with E-state index in [1.165, 1.54) is 53.4 Å². The summed E-state index contributed by atoms with van der Waals surface area (Å²) in [7, 11) is 0. The predicted octanol–water partition coefficient (Wildman–Crippen LogP) is 2.56. The molecule has 1 N–H and O–H groups in total. The number of nitrogens with zero attached hydrogens (tertiary/aromatic N) is 2. The Bertz CT molecular complexity index is 827. The number of urea groups is 1. The summed E-state index contributed by atoms with van der Waals surface area (Å²) in [6.45, 7) is 1.14. The van der Waals surface area contributed by atoms with E-state index in [4.69, 9.17) is 4.74 Å². The Hall–Kier alpha value is -3.00. The molecule has 0 aromatic heterocycles. The van der Waals surface area contributed by atoms with Crippen LogP contribution in [0.5, 0.6) is 5.75 Å². The molecular formula is C19H18F2N2O4. The Morgan fingerprint density at radius 1 is 1.04 bits per heavy atom. The Kier molecular flexibility index (Phi) is 5.36. The van der Waals surface area contributed by atoms with E-state index >= 15 is 0 Å². The number of rotatable bonds is 6. The molecule has 27 heavy (non-hydrogen) atoms. The number of benzene rings is 2. The Morgan fingerprint density at radius 2 is 1.59 bits per heavy atom. The van der Waals surface area contributed by atoms with Crippen LogP contribution in [0.15, 0.2) is 48.5 Å². The maximum atomic E-state index is 13.1. The lowest BCUT2D eigenvalue weighted by Crippen LogP contribution is -2.40. The van der Waals surface area contributed by atoms with Crippen molar-refractivity contribution in [3.05, 3.63) is 60.2 Å². The van der Waals surface area contributed by atoms with Gasteiger partial charge in [0, 0.05) is 5.69 Å². The van der Waals surface area contributed by atoms with Gasteiger partial charge in [-0.2, -0.15) is 0 Å². The van der Waals surface area contributed by atoms with Gasteiger partial charge >= 0.3 is 6.03 Å². The summed E-state index contributed by atoms with van der Waals surface area (Å²) in [4.78, 5) is 27.2. The second-order valence-corrected chi connectivity index (χ2v) is 6.17. The van der Waals surface area contributed by atoms with Crippen molar-refractivity contribution >= 4 is 17.6 Å². The molecule has 1 aliphatic rings. The molecule has 0 spiro atoms. The van der Waals surface area contributed by atoms with Gasteiger partial charge in [-0.25, -0.2) is 13.6 Å². The highest BCUT2D eigenvalue weighted by Crippen LogP contribution is 2.26. The van der Waals surface area contributed by atoms with E-state index in [2.05, 4.69) is 0 Å². The number of aliphatic hydroxyl groups excluding tert-OH is 1. The van der Waals surface area contributed by atoms with Crippen molar-refractivity contribution in [3.63, 3.8) is 0 Å². The van der Waals surface area contributed by atoms with Gasteiger partial charge < -0.3 is 9.84 Å². The van der Waals surface area contributed by atoms with Crippen molar-refractivity contribution in [2.45, 2.75) is 19.1 Å². The fraction of sp³-hybridized carbons (Fsp3) is 0.263. The molecule has 0 radical (unpaired) electrons. The van der Waals surface area contributed by atoms with Crippen LogP contribution < -0.4 is 9.64 Å². The van der Waals surface area contributed by atoms with Gasteiger partial charge in [-0.05, 0) is 55.5 Å². The molecular weight excluding hydrogens is 358 g/mol. The highest BCUT2D eigenvalue weighted by atomic mass is 19.1. The van der Waals surface area contributed by atoms with E-state index in [0.717, 1.165) is 4.90 Å². The number of amides is 3. The van der Waals surface area contributed by atoms with Crippen molar-refractivity contribution in [2.75, 3.05) is 18.1 Å². The molecule has 2 aromatic rings. The lowest BCUT2D eigenvalue weighted by Gasteiger charge is -2.20. The first kappa shape index (κ1) is 18.8. The van der Waals surface area contributed by atoms with Gasteiger partial charge in [0.25, 0.3) is 5.91 Å². The number of hydrogen-bond acceptors (Lipinski definition) is 4. The molecule has 2 aromatic carbocycles. The summed E-state index contributed by atoms with van der Waals surface area (Å²) in [5, 5.41) is 10.1. The number of hydrogen-bond donors (Lipinski definition) is 1. The normalized spacial score (nSPS) is 18.1. The summed E-state index contributed by atoms with van der Waals surface area (Å²) in [6.07, 6.45) is -1.12. The quantitative estimate of drug-likeness (QED) is 0.787. The van der Waals surface area contributed by atoms with E-state index in [-0.39, 0.29) is 13.2 Å². The molecule has 142 valence electrons. The van der Waals surface area contributed by atoms with Crippen molar-refractivity contribution in [1.29, 1.82) is 0 Å². The second kappa shape index (κ2) is 7.71. The van der Waals surface area contributed by atoms with Crippen LogP contribution >= 0.6 is 0 Å². The monoisotopic (exact) mass is 376 g/mol. The molecule has 2 atom stereocenters. The standard InChI is InChI=1S/C19H18F2N2O4/c1-12-18(25)22(19(26)23(12)15-6-2-13(20)3-7-15)10-16(24)11-27-17-8-4-14(21)5-9-17/h2-9,12,16,24H,10-11H2,1H3/t12-,16+/m0/s1. The minimum absolute atomic E-state index is 0.173. The van der Waals surface area contributed by atoms with Gasteiger partial charge in [0.15, 0.2) is 0 Å². The fourth-order valence-electron chi connectivity index (χ4n) is 2.82. The van der Waals surface area contributed by atoms with Crippen LogP contribution in [0.4, 0.5) is 19.3 Å². The number of β-amino-alcohol motifs (C(OH)–C–C–N with tert-alkyl or cyclic N) is 1. The Balaban J connectivity index is 1.63. The molecule has 3 rings (SSSR count). The summed E-state index contributed by atoms with van der Waals surface area (Å²) < 4.78 is 31.3. The molecule has 1 heterocycles. The first-order valence-corrected chi connectivity index (χ1v) is 8.33. The first-order chi connectivity index (χ1) is 12.9.